The van der Waals surface area contributed by atoms with E-state index < -0.39 is 0 Å². The van der Waals surface area contributed by atoms with E-state index in [1.54, 1.807) is 29.2 Å². The number of unbranched alkanes of at least 4 members (excludes halogenated alkanes) is 1. The average molecular weight is 318 g/mol. The van der Waals surface area contributed by atoms with Crippen LogP contribution < -0.4 is 4.90 Å². The number of aromatic nitrogens is 1. The number of hydrogen-bond acceptors (Lipinski definition) is 5. The number of carbonyl (C=O) groups excluding carboxylic acids is 2. The first-order valence-electron chi connectivity index (χ1n) is 6.78. The van der Waals surface area contributed by atoms with Crippen molar-refractivity contribution in [2.45, 2.75) is 24.1 Å². The molecule has 2 aromatic rings. The Kier molecular flexibility index (Phi) is 4.07. The maximum atomic E-state index is 11.7. The summed E-state index contributed by atoms with van der Waals surface area (Å²) in [5.41, 5.74) is 1.52. The summed E-state index contributed by atoms with van der Waals surface area (Å²) in [6.07, 6.45) is 4.94. The Balaban J connectivity index is 1.86. The molecule has 1 aliphatic heterocycles. The van der Waals surface area contributed by atoms with Crippen molar-refractivity contribution in [2.75, 3.05) is 10.7 Å². The Labute approximate surface area is 130 Å². The SMILES string of the molecule is CCCCSc1nc2ccc(N3C(=O)C=CC3=O)cc2s1. The summed E-state index contributed by atoms with van der Waals surface area (Å²) < 4.78 is 2.03. The van der Waals surface area contributed by atoms with E-state index in [2.05, 4.69) is 11.9 Å². The van der Waals surface area contributed by atoms with Gasteiger partial charge < -0.3 is 0 Å². The summed E-state index contributed by atoms with van der Waals surface area (Å²) in [6, 6.07) is 5.49. The third kappa shape index (κ3) is 2.87. The van der Waals surface area contributed by atoms with Crippen LogP contribution in [0.3, 0.4) is 0 Å². The molecule has 108 valence electrons. The first kappa shape index (κ1) is 14.3. The fourth-order valence-corrected chi connectivity index (χ4v) is 4.31. The maximum Gasteiger partial charge on any atom is 0.258 e. The lowest BCUT2D eigenvalue weighted by atomic mass is 10.2. The molecule has 1 aromatic carbocycles. The van der Waals surface area contributed by atoms with Crippen molar-refractivity contribution in [2.24, 2.45) is 0 Å². The van der Waals surface area contributed by atoms with Crippen molar-refractivity contribution in [3.05, 3.63) is 30.4 Å². The Morgan fingerprint density at radius 3 is 2.71 bits per heavy atom. The Hall–Kier alpha value is -1.66. The predicted octanol–water partition coefficient (Wildman–Crippen LogP) is 3.62. The van der Waals surface area contributed by atoms with Crippen LogP contribution in [0.4, 0.5) is 5.69 Å². The summed E-state index contributed by atoms with van der Waals surface area (Å²) in [4.78, 5) is 29.2. The Morgan fingerprint density at radius 2 is 2.00 bits per heavy atom. The molecule has 2 amide bonds. The highest BCUT2D eigenvalue weighted by Crippen LogP contribution is 2.33. The third-order valence-corrected chi connectivity index (χ3v) is 5.39. The fourth-order valence-electron chi connectivity index (χ4n) is 2.05. The second-order valence-corrected chi connectivity index (χ2v) is 7.05. The molecule has 0 radical (unpaired) electrons. The highest BCUT2D eigenvalue weighted by atomic mass is 32.2. The minimum absolute atomic E-state index is 0.290. The average Bonchev–Trinajstić information content (AvgIpc) is 3.01. The smallest absolute Gasteiger partial charge is 0.258 e. The van der Waals surface area contributed by atoms with Crippen LogP contribution in [-0.2, 0) is 9.59 Å². The molecule has 0 saturated heterocycles. The monoisotopic (exact) mass is 318 g/mol. The van der Waals surface area contributed by atoms with Crippen LogP contribution in [0.15, 0.2) is 34.7 Å². The van der Waals surface area contributed by atoms with Gasteiger partial charge in [-0.05, 0) is 24.6 Å². The van der Waals surface area contributed by atoms with Crippen molar-refractivity contribution in [1.29, 1.82) is 0 Å². The lowest BCUT2D eigenvalue weighted by molar-refractivity contribution is -0.119. The number of nitrogens with zero attached hydrogens (tertiary/aromatic N) is 2. The van der Waals surface area contributed by atoms with Crippen LogP contribution in [-0.4, -0.2) is 22.6 Å². The van der Waals surface area contributed by atoms with E-state index in [9.17, 15) is 9.59 Å². The van der Waals surface area contributed by atoms with Gasteiger partial charge in [-0.15, -0.1) is 11.3 Å². The van der Waals surface area contributed by atoms with E-state index in [1.807, 2.05) is 12.1 Å². The van der Waals surface area contributed by atoms with Crippen molar-refractivity contribution >= 4 is 50.8 Å². The van der Waals surface area contributed by atoms with E-state index >= 15 is 0 Å². The molecular weight excluding hydrogens is 304 g/mol. The van der Waals surface area contributed by atoms with Crippen LogP contribution in [0, 0.1) is 0 Å². The number of carbonyl (C=O) groups is 2. The molecule has 6 heteroatoms. The number of thiazole rings is 1. The van der Waals surface area contributed by atoms with E-state index in [0.29, 0.717) is 5.69 Å². The second-order valence-electron chi connectivity index (χ2n) is 4.68. The Bertz CT molecular complexity index is 718. The van der Waals surface area contributed by atoms with Gasteiger partial charge in [0.15, 0.2) is 4.34 Å². The zero-order chi connectivity index (χ0) is 14.8. The third-order valence-electron chi connectivity index (χ3n) is 3.14. The van der Waals surface area contributed by atoms with E-state index in [1.165, 1.54) is 29.9 Å². The van der Waals surface area contributed by atoms with Crippen LogP contribution in [0.1, 0.15) is 19.8 Å². The lowest BCUT2D eigenvalue weighted by Crippen LogP contribution is -2.29. The number of hydrogen-bond donors (Lipinski definition) is 0. The molecule has 0 saturated carbocycles. The molecule has 1 aliphatic rings. The molecule has 0 bridgehead atoms. The van der Waals surface area contributed by atoms with Gasteiger partial charge in [0, 0.05) is 17.9 Å². The highest BCUT2D eigenvalue weighted by molar-refractivity contribution is 8.01. The molecule has 21 heavy (non-hydrogen) atoms. The van der Waals surface area contributed by atoms with E-state index in [-0.39, 0.29) is 11.8 Å². The number of benzene rings is 1. The number of fused-ring (bicyclic) bond motifs is 1. The van der Waals surface area contributed by atoms with Crippen molar-refractivity contribution < 1.29 is 9.59 Å². The zero-order valence-corrected chi connectivity index (χ0v) is 13.2. The number of anilines is 1. The number of rotatable bonds is 5. The highest BCUT2D eigenvalue weighted by Gasteiger charge is 2.25. The standard InChI is InChI=1S/C15H14N2O2S2/c1-2-3-8-20-15-16-11-5-4-10(9-12(11)21-15)17-13(18)6-7-14(17)19/h4-7,9H,2-3,8H2,1H3. The first-order valence-corrected chi connectivity index (χ1v) is 8.59. The summed E-state index contributed by atoms with van der Waals surface area (Å²) in [5, 5.41) is 0. The quantitative estimate of drug-likeness (QED) is 0.480. The van der Waals surface area contributed by atoms with Crippen molar-refractivity contribution in [3.8, 4) is 0 Å². The molecule has 0 aliphatic carbocycles. The Morgan fingerprint density at radius 1 is 1.24 bits per heavy atom. The molecule has 1 aromatic heterocycles. The summed E-state index contributed by atoms with van der Waals surface area (Å²) >= 11 is 3.36. The number of amides is 2. The van der Waals surface area contributed by atoms with Gasteiger partial charge in [0.25, 0.3) is 11.8 Å². The van der Waals surface area contributed by atoms with Gasteiger partial charge >= 0.3 is 0 Å². The van der Waals surface area contributed by atoms with Gasteiger partial charge in [-0.3, -0.25) is 9.59 Å². The molecule has 2 heterocycles. The molecule has 0 spiro atoms. The van der Waals surface area contributed by atoms with E-state index in [4.69, 9.17) is 0 Å². The van der Waals surface area contributed by atoms with Crippen LogP contribution in [0.5, 0.6) is 0 Å². The minimum atomic E-state index is -0.290. The number of imide groups is 1. The van der Waals surface area contributed by atoms with Crippen molar-refractivity contribution in [1.82, 2.24) is 4.98 Å². The zero-order valence-electron chi connectivity index (χ0n) is 11.5. The topological polar surface area (TPSA) is 50.3 Å². The molecule has 0 N–H and O–H groups in total. The van der Waals surface area contributed by atoms with Gasteiger partial charge in [-0.25, -0.2) is 9.88 Å². The fraction of sp³-hybridized carbons (Fsp3) is 0.267. The molecule has 3 rings (SSSR count). The summed E-state index contributed by atoms with van der Waals surface area (Å²) in [6.45, 7) is 2.17. The predicted molar refractivity (Wildman–Crippen MR) is 86.9 cm³/mol. The molecular formula is C15H14N2O2S2. The van der Waals surface area contributed by atoms with Gasteiger partial charge in [0.05, 0.1) is 15.9 Å². The van der Waals surface area contributed by atoms with Crippen LogP contribution in [0.25, 0.3) is 10.2 Å². The van der Waals surface area contributed by atoms with Gasteiger partial charge in [-0.1, -0.05) is 25.1 Å². The number of thioether (sulfide) groups is 1. The minimum Gasteiger partial charge on any atom is -0.269 e. The largest absolute Gasteiger partial charge is 0.269 e. The van der Waals surface area contributed by atoms with Gasteiger partial charge in [0.1, 0.15) is 0 Å². The molecule has 0 fully saturated rings. The van der Waals surface area contributed by atoms with Gasteiger partial charge in [-0.2, -0.15) is 0 Å². The maximum absolute atomic E-state index is 11.7. The van der Waals surface area contributed by atoms with Crippen LogP contribution >= 0.6 is 23.1 Å². The van der Waals surface area contributed by atoms with E-state index in [0.717, 1.165) is 20.3 Å². The molecule has 4 nitrogen and oxygen atoms in total. The van der Waals surface area contributed by atoms with Crippen LogP contribution in [0.2, 0.25) is 0 Å². The normalized spacial score (nSPS) is 14.6. The second kappa shape index (κ2) is 5.99. The van der Waals surface area contributed by atoms with Crippen molar-refractivity contribution in [3.63, 3.8) is 0 Å². The first-order chi connectivity index (χ1) is 10.2. The molecule has 0 unspecified atom stereocenters. The summed E-state index contributed by atoms with van der Waals surface area (Å²) in [5.74, 6) is 0.485. The van der Waals surface area contributed by atoms with Gasteiger partial charge in [0.2, 0.25) is 0 Å². The molecule has 0 atom stereocenters. The lowest BCUT2D eigenvalue weighted by Gasteiger charge is -2.13. The summed E-state index contributed by atoms with van der Waals surface area (Å²) in [7, 11) is 0.